The standard InChI is InChI=1S/C21H24N6O3S2/c22-19(30)18-14-2-1-3-15(14)32-20(18)24-16(28)12-26-6-4-25(5-7-26)11-13-10-17(29)27-8-9-31-21(27)23-13/h8-10H,1-7,11-12H2,(H2,22,30)(H,24,28). The van der Waals surface area contributed by atoms with Gasteiger partial charge in [0.2, 0.25) is 5.91 Å². The summed E-state index contributed by atoms with van der Waals surface area (Å²) >= 11 is 2.93. The van der Waals surface area contributed by atoms with Gasteiger partial charge in [0.05, 0.1) is 17.8 Å². The Morgan fingerprint density at radius 1 is 1.16 bits per heavy atom. The first kappa shape index (κ1) is 21.3. The van der Waals surface area contributed by atoms with Gasteiger partial charge in [-0.3, -0.25) is 28.6 Å². The largest absolute Gasteiger partial charge is 0.365 e. The quantitative estimate of drug-likeness (QED) is 0.557. The highest BCUT2D eigenvalue weighted by molar-refractivity contribution is 7.17. The third-order valence-corrected chi connectivity index (χ3v) is 7.96. The highest BCUT2D eigenvalue weighted by Gasteiger charge is 2.27. The number of carbonyl (C=O) groups is 2. The Kier molecular flexibility index (Phi) is 5.80. The molecule has 2 aliphatic rings. The van der Waals surface area contributed by atoms with Crippen molar-refractivity contribution in [1.29, 1.82) is 0 Å². The van der Waals surface area contributed by atoms with Gasteiger partial charge in [0.1, 0.15) is 5.00 Å². The molecule has 1 aliphatic carbocycles. The van der Waals surface area contributed by atoms with Gasteiger partial charge in [-0.2, -0.15) is 0 Å². The molecule has 1 fully saturated rings. The number of thiazole rings is 1. The number of fused-ring (bicyclic) bond motifs is 2. The fourth-order valence-electron chi connectivity index (χ4n) is 4.43. The molecule has 4 heterocycles. The Morgan fingerprint density at radius 3 is 2.72 bits per heavy atom. The summed E-state index contributed by atoms with van der Waals surface area (Å²) in [5, 5.41) is 5.36. The van der Waals surface area contributed by atoms with Crippen LogP contribution in [0.2, 0.25) is 0 Å². The highest BCUT2D eigenvalue weighted by atomic mass is 32.1. The average Bonchev–Trinajstić information content (AvgIpc) is 3.45. The molecule has 2 amide bonds. The molecule has 0 aromatic carbocycles. The summed E-state index contributed by atoms with van der Waals surface area (Å²) in [5.41, 5.74) is 7.80. The fraction of sp³-hybridized carbons (Fsp3) is 0.429. The molecule has 9 nitrogen and oxygen atoms in total. The van der Waals surface area contributed by atoms with Crippen molar-refractivity contribution in [3.05, 3.63) is 49.7 Å². The molecule has 11 heteroatoms. The Bertz CT molecular complexity index is 1240. The number of nitrogens with one attached hydrogen (secondary N) is 1. The minimum atomic E-state index is -0.470. The van der Waals surface area contributed by atoms with Gasteiger partial charge in [-0.25, -0.2) is 4.98 Å². The van der Waals surface area contributed by atoms with Crippen molar-refractivity contribution in [2.45, 2.75) is 25.8 Å². The number of aromatic nitrogens is 2. The lowest BCUT2D eigenvalue weighted by atomic mass is 10.1. The van der Waals surface area contributed by atoms with Gasteiger partial charge >= 0.3 is 0 Å². The second-order valence-electron chi connectivity index (χ2n) is 8.17. The molecule has 1 aliphatic heterocycles. The van der Waals surface area contributed by atoms with Crippen molar-refractivity contribution in [1.82, 2.24) is 19.2 Å². The van der Waals surface area contributed by atoms with Gasteiger partial charge in [0.25, 0.3) is 11.5 Å². The number of hydrogen-bond donors (Lipinski definition) is 2. The number of aryl methyl sites for hydroxylation is 1. The molecule has 0 spiro atoms. The van der Waals surface area contributed by atoms with Crippen LogP contribution in [-0.2, 0) is 24.2 Å². The van der Waals surface area contributed by atoms with E-state index >= 15 is 0 Å². The van der Waals surface area contributed by atoms with Crippen LogP contribution in [0.3, 0.4) is 0 Å². The Morgan fingerprint density at radius 2 is 1.94 bits per heavy atom. The van der Waals surface area contributed by atoms with Crippen molar-refractivity contribution in [3.8, 4) is 0 Å². The van der Waals surface area contributed by atoms with E-state index in [-0.39, 0.29) is 18.0 Å². The number of hydrogen-bond acceptors (Lipinski definition) is 8. The van der Waals surface area contributed by atoms with Crippen LogP contribution < -0.4 is 16.6 Å². The molecule has 0 atom stereocenters. The lowest BCUT2D eigenvalue weighted by Crippen LogP contribution is -2.48. The van der Waals surface area contributed by atoms with Crippen LogP contribution in [0, 0.1) is 0 Å². The number of anilines is 1. The van der Waals surface area contributed by atoms with E-state index in [0.29, 0.717) is 22.1 Å². The molecular formula is C21H24N6O3S2. The van der Waals surface area contributed by atoms with Crippen LogP contribution in [0.25, 0.3) is 4.96 Å². The summed E-state index contributed by atoms with van der Waals surface area (Å²) in [5.74, 6) is -0.596. The van der Waals surface area contributed by atoms with E-state index < -0.39 is 5.91 Å². The van der Waals surface area contributed by atoms with Gasteiger partial charge in [-0.15, -0.1) is 22.7 Å². The third kappa shape index (κ3) is 4.20. The molecule has 0 bridgehead atoms. The predicted molar refractivity (Wildman–Crippen MR) is 125 cm³/mol. The van der Waals surface area contributed by atoms with Gasteiger partial charge in [0.15, 0.2) is 4.96 Å². The molecule has 32 heavy (non-hydrogen) atoms. The minimum Gasteiger partial charge on any atom is -0.365 e. The summed E-state index contributed by atoms with van der Waals surface area (Å²) in [4.78, 5) is 47.5. The van der Waals surface area contributed by atoms with E-state index in [1.165, 1.54) is 22.7 Å². The minimum absolute atomic E-state index is 0.0589. The number of nitrogens with two attached hydrogens (primary N) is 1. The lowest BCUT2D eigenvalue weighted by molar-refractivity contribution is -0.117. The molecule has 0 unspecified atom stereocenters. The average molecular weight is 473 g/mol. The van der Waals surface area contributed by atoms with E-state index in [0.717, 1.165) is 61.6 Å². The van der Waals surface area contributed by atoms with Crippen molar-refractivity contribution < 1.29 is 9.59 Å². The molecule has 1 saturated heterocycles. The molecule has 0 radical (unpaired) electrons. The van der Waals surface area contributed by atoms with Crippen molar-refractivity contribution in [2.24, 2.45) is 5.73 Å². The number of thiophene rings is 1. The van der Waals surface area contributed by atoms with E-state index in [4.69, 9.17) is 5.73 Å². The number of nitrogens with zero attached hydrogens (tertiary/aromatic N) is 4. The summed E-state index contributed by atoms with van der Waals surface area (Å²) in [6.45, 7) is 3.97. The van der Waals surface area contributed by atoms with Crippen LogP contribution in [0.15, 0.2) is 22.4 Å². The zero-order chi connectivity index (χ0) is 22.2. The number of primary amides is 1. The van der Waals surface area contributed by atoms with Crippen LogP contribution in [0.4, 0.5) is 5.00 Å². The molecular weight excluding hydrogens is 448 g/mol. The van der Waals surface area contributed by atoms with Crippen molar-refractivity contribution >= 4 is 44.4 Å². The Hall–Kier alpha value is -2.60. The second-order valence-corrected chi connectivity index (χ2v) is 10.1. The molecule has 3 aromatic heterocycles. The zero-order valence-corrected chi connectivity index (χ0v) is 19.1. The topological polar surface area (TPSA) is 113 Å². The van der Waals surface area contributed by atoms with Crippen LogP contribution in [0.1, 0.15) is 32.9 Å². The first-order chi connectivity index (χ1) is 15.5. The van der Waals surface area contributed by atoms with Gasteiger partial charge in [-0.05, 0) is 24.8 Å². The summed E-state index contributed by atoms with van der Waals surface area (Å²) in [6, 6.07) is 1.59. The lowest BCUT2D eigenvalue weighted by Gasteiger charge is -2.34. The normalized spacial score (nSPS) is 17.0. The van der Waals surface area contributed by atoms with Crippen molar-refractivity contribution in [3.63, 3.8) is 0 Å². The Labute approximate surface area is 192 Å². The number of carbonyl (C=O) groups excluding carboxylic acids is 2. The second kappa shape index (κ2) is 8.74. The first-order valence-corrected chi connectivity index (χ1v) is 12.3. The summed E-state index contributed by atoms with van der Waals surface area (Å²) in [7, 11) is 0. The van der Waals surface area contributed by atoms with Crippen LogP contribution in [0.5, 0.6) is 0 Å². The fourth-order valence-corrected chi connectivity index (χ4v) is 6.48. The zero-order valence-electron chi connectivity index (χ0n) is 17.5. The smallest absolute Gasteiger partial charge is 0.258 e. The van der Waals surface area contributed by atoms with E-state index in [1.54, 1.807) is 16.7 Å². The molecule has 3 aromatic rings. The maximum atomic E-state index is 12.6. The Balaban J connectivity index is 1.15. The molecule has 168 valence electrons. The van der Waals surface area contributed by atoms with Crippen LogP contribution >= 0.6 is 22.7 Å². The summed E-state index contributed by atoms with van der Waals surface area (Å²) < 4.78 is 1.55. The van der Waals surface area contributed by atoms with E-state index in [1.807, 2.05) is 5.38 Å². The predicted octanol–water partition coefficient (Wildman–Crippen LogP) is 1.16. The molecule has 5 rings (SSSR count). The SMILES string of the molecule is NC(=O)c1c(NC(=O)CN2CCN(Cc3cc(=O)n4ccsc4n3)CC2)sc2c1CCC2. The van der Waals surface area contributed by atoms with E-state index in [9.17, 15) is 14.4 Å². The first-order valence-electron chi connectivity index (χ1n) is 10.6. The van der Waals surface area contributed by atoms with Gasteiger partial charge in [-0.1, -0.05) is 0 Å². The van der Waals surface area contributed by atoms with Crippen molar-refractivity contribution in [2.75, 3.05) is 38.0 Å². The summed E-state index contributed by atoms with van der Waals surface area (Å²) in [6.07, 6.45) is 4.56. The van der Waals surface area contributed by atoms with Gasteiger partial charge in [0, 0.05) is 55.2 Å². The number of piperazine rings is 1. The number of amides is 2. The maximum absolute atomic E-state index is 12.6. The molecule has 3 N–H and O–H groups in total. The van der Waals surface area contributed by atoms with Gasteiger partial charge < -0.3 is 11.1 Å². The van der Waals surface area contributed by atoms with Crippen LogP contribution in [-0.4, -0.2) is 63.7 Å². The third-order valence-electron chi connectivity index (χ3n) is 5.99. The maximum Gasteiger partial charge on any atom is 0.258 e. The molecule has 0 saturated carbocycles. The highest BCUT2D eigenvalue weighted by Crippen LogP contribution is 2.38. The van der Waals surface area contributed by atoms with E-state index in [2.05, 4.69) is 20.1 Å². The monoisotopic (exact) mass is 472 g/mol. The number of rotatable bonds is 6.